The minimum atomic E-state index is 0.420. The second kappa shape index (κ2) is 4.90. The average Bonchev–Trinajstić information content (AvgIpc) is 2.62. The highest BCUT2D eigenvalue weighted by atomic mass is 16.5. The van der Waals surface area contributed by atoms with E-state index in [4.69, 9.17) is 10.5 Å². The Morgan fingerprint density at radius 3 is 2.67 bits per heavy atom. The molecule has 2 unspecified atom stereocenters. The Labute approximate surface area is 109 Å². The lowest BCUT2D eigenvalue weighted by atomic mass is 9.97. The van der Waals surface area contributed by atoms with Crippen molar-refractivity contribution in [1.82, 2.24) is 4.90 Å². The highest BCUT2D eigenvalue weighted by Crippen LogP contribution is 2.36. The molecule has 2 aliphatic heterocycles. The summed E-state index contributed by atoms with van der Waals surface area (Å²) < 4.78 is 5.29. The van der Waals surface area contributed by atoms with Crippen LogP contribution in [0, 0.1) is 0 Å². The zero-order valence-corrected chi connectivity index (χ0v) is 11.0. The number of nitrogens with zero attached hydrogens (tertiary/aromatic N) is 1. The van der Waals surface area contributed by atoms with E-state index in [1.165, 1.54) is 31.2 Å². The fourth-order valence-electron chi connectivity index (χ4n) is 3.56. The van der Waals surface area contributed by atoms with Crippen LogP contribution in [-0.2, 0) is 6.54 Å². The summed E-state index contributed by atoms with van der Waals surface area (Å²) in [5.74, 6) is 0.952. The molecule has 0 amide bonds. The minimum Gasteiger partial charge on any atom is -0.497 e. The summed E-state index contributed by atoms with van der Waals surface area (Å²) in [5, 5.41) is 0. The first-order valence-electron chi connectivity index (χ1n) is 6.90. The van der Waals surface area contributed by atoms with Gasteiger partial charge in [0.2, 0.25) is 0 Å². The summed E-state index contributed by atoms with van der Waals surface area (Å²) in [6, 6.07) is 10.2. The van der Waals surface area contributed by atoms with Crippen LogP contribution in [0.5, 0.6) is 5.75 Å². The molecule has 2 bridgehead atoms. The van der Waals surface area contributed by atoms with Crippen LogP contribution in [0.4, 0.5) is 0 Å². The molecule has 0 spiro atoms. The van der Waals surface area contributed by atoms with Gasteiger partial charge >= 0.3 is 0 Å². The van der Waals surface area contributed by atoms with Gasteiger partial charge in [0.25, 0.3) is 0 Å². The highest BCUT2D eigenvalue weighted by Gasteiger charge is 2.39. The SMILES string of the molecule is COc1cccc(CN2C3CCC2CC(N)C3)c1. The third-order valence-electron chi connectivity index (χ3n) is 4.42. The fraction of sp³-hybridized carbons (Fsp3) is 0.600. The number of benzene rings is 1. The maximum absolute atomic E-state index is 6.11. The van der Waals surface area contributed by atoms with Gasteiger partial charge in [-0.2, -0.15) is 0 Å². The number of fused-ring (bicyclic) bond motifs is 2. The predicted molar refractivity (Wildman–Crippen MR) is 72.6 cm³/mol. The first-order chi connectivity index (χ1) is 8.76. The zero-order chi connectivity index (χ0) is 12.5. The summed E-state index contributed by atoms with van der Waals surface area (Å²) in [4.78, 5) is 2.65. The Morgan fingerprint density at radius 2 is 2.00 bits per heavy atom. The average molecular weight is 246 g/mol. The van der Waals surface area contributed by atoms with E-state index in [0.29, 0.717) is 18.1 Å². The van der Waals surface area contributed by atoms with Crippen LogP contribution in [0.3, 0.4) is 0 Å². The van der Waals surface area contributed by atoms with E-state index in [2.05, 4.69) is 23.1 Å². The number of piperidine rings is 1. The molecule has 3 nitrogen and oxygen atoms in total. The van der Waals surface area contributed by atoms with Crippen molar-refractivity contribution in [3.8, 4) is 5.75 Å². The van der Waals surface area contributed by atoms with Gasteiger partial charge in [-0.1, -0.05) is 12.1 Å². The van der Waals surface area contributed by atoms with E-state index in [1.54, 1.807) is 7.11 Å². The molecule has 0 saturated carbocycles. The van der Waals surface area contributed by atoms with Gasteiger partial charge in [0.1, 0.15) is 5.75 Å². The van der Waals surface area contributed by atoms with Crippen LogP contribution in [-0.4, -0.2) is 30.1 Å². The molecule has 98 valence electrons. The molecule has 0 aromatic heterocycles. The Morgan fingerprint density at radius 1 is 1.28 bits per heavy atom. The van der Waals surface area contributed by atoms with Crippen molar-refractivity contribution in [3.63, 3.8) is 0 Å². The maximum Gasteiger partial charge on any atom is 0.119 e. The lowest BCUT2D eigenvalue weighted by Crippen LogP contribution is -2.46. The first kappa shape index (κ1) is 12.0. The first-order valence-corrected chi connectivity index (χ1v) is 6.90. The highest BCUT2D eigenvalue weighted by molar-refractivity contribution is 5.28. The summed E-state index contributed by atoms with van der Waals surface area (Å²) in [7, 11) is 1.72. The standard InChI is InChI=1S/C15H22N2O/c1-18-15-4-2-3-11(7-15)10-17-13-5-6-14(17)9-12(16)8-13/h2-4,7,12-14H,5-6,8-10,16H2,1H3. The number of hydrogen-bond acceptors (Lipinski definition) is 3. The van der Waals surface area contributed by atoms with E-state index in [1.807, 2.05) is 6.07 Å². The molecule has 18 heavy (non-hydrogen) atoms. The molecule has 2 fully saturated rings. The molecule has 3 heteroatoms. The normalized spacial score (nSPS) is 31.6. The minimum absolute atomic E-state index is 0.420. The molecule has 1 aromatic carbocycles. The van der Waals surface area contributed by atoms with Gasteiger partial charge in [0, 0.05) is 24.7 Å². The Hall–Kier alpha value is -1.06. The van der Waals surface area contributed by atoms with Gasteiger partial charge in [-0.05, 0) is 43.4 Å². The Balaban J connectivity index is 1.73. The van der Waals surface area contributed by atoms with Gasteiger partial charge in [-0.3, -0.25) is 4.90 Å². The smallest absolute Gasteiger partial charge is 0.119 e. The molecule has 0 aliphatic carbocycles. The molecule has 3 rings (SSSR count). The summed E-state index contributed by atoms with van der Waals surface area (Å²) in [6.45, 7) is 1.04. The van der Waals surface area contributed by atoms with Crippen LogP contribution in [0.2, 0.25) is 0 Å². The van der Waals surface area contributed by atoms with Crippen molar-refractivity contribution in [2.75, 3.05) is 7.11 Å². The number of methoxy groups -OCH3 is 1. The predicted octanol–water partition coefficient (Wildman–Crippen LogP) is 2.15. The lowest BCUT2D eigenvalue weighted by molar-refractivity contribution is 0.120. The van der Waals surface area contributed by atoms with Gasteiger partial charge in [0.05, 0.1) is 7.11 Å². The van der Waals surface area contributed by atoms with E-state index in [-0.39, 0.29) is 0 Å². The van der Waals surface area contributed by atoms with E-state index < -0.39 is 0 Å². The van der Waals surface area contributed by atoms with Crippen molar-refractivity contribution in [3.05, 3.63) is 29.8 Å². The van der Waals surface area contributed by atoms with Gasteiger partial charge < -0.3 is 10.5 Å². The molecular formula is C15H22N2O. The quantitative estimate of drug-likeness (QED) is 0.888. The lowest BCUT2D eigenvalue weighted by Gasteiger charge is -2.37. The summed E-state index contributed by atoms with van der Waals surface area (Å²) >= 11 is 0. The molecule has 0 radical (unpaired) electrons. The van der Waals surface area contributed by atoms with Crippen molar-refractivity contribution in [2.24, 2.45) is 5.73 Å². The number of hydrogen-bond donors (Lipinski definition) is 1. The van der Waals surface area contributed by atoms with Gasteiger partial charge in [0.15, 0.2) is 0 Å². The molecule has 2 saturated heterocycles. The third kappa shape index (κ3) is 2.25. The van der Waals surface area contributed by atoms with E-state index in [0.717, 1.165) is 12.3 Å². The van der Waals surface area contributed by atoms with Crippen LogP contribution in [0.25, 0.3) is 0 Å². The molecular weight excluding hydrogens is 224 g/mol. The van der Waals surface area contributed by atoms with E-state index in [9.17, 15) is 0 Å². The monoisotopic (exact) mass is 246 g/mol. The molecule has 2 atom stereocenters. The van der Waals surface area contributed by atoms with Crippen molar-refractivity contribution in [1.29, 1.82) is 0 Å². The van der Waals surface area contributed by atoms with Crippen molar-refractivity contribution in [2.45, 2.75) is 50.4 Å². The van der Waals surface area contributed by atoms with Crippen LogP contribution in [0.15, 0.2) is 24.3 Å². The Bertz CT molecular complexity index is 407. The van der Waals surface area contributed by atoms with Crippen LogP contribution in [0.1, 0.15) is 31.2 Å². The summed E-state index contributed by atoms with van der Waals surface area (Å²) in [5.41, 5.74) is 7.46. The number of nitrogens with two attached hydrogens (primary N) is 1. The zero-order valence-electron chi connectivity index (χ0n) is 11.0. The third-order valence-corrected chi connectivity index (χ3v) is 4.42. The topological polar surface area (TPSA) is 38.5 Å². The largest absolute Gasteiger partial charge is 0.497 e. The maximum atomic E-state index is 6.11. The van der Waals surface area contributed by atoms with E-state index >= 15 is 0 Å². The molecule has 2 N–H and O–H groups in total. The van der Waals surface area contributed by atoms with Gasteiger partial charge in [-0.15, -0.1) is 0 Å². The Kier molecular flexibility index (Phi) is 3.27. The summed E-state index contributed by atoms with van der Waals surface area (Å²) in [6.07, 6.45) is 4.98. The molecule has 2 heterocycles. The second-order valence-corrected chi connectivity index (χ2v) is 5.64. The number of rotatable bonds is 3. The van der Waals surface area contributed by atoms with Crippen molar-refractivity contribution >= 4 is 0 Å². The molecule has 2 aliphatic rings. The molecule has 1 aromatic rings. The van der Waals surface area contributed by atoms with Gasteiger partial charge in [-0.25, -0.2) is 0 Å². The van der Waals surface area contributed by atoms with Crippen LogP contribution < -0.4 is 10.5 Å². The number of ether oxygens (including phenoxy) is 1. The second-order valence-electron chi connectivity index (χ2n) is 5.64. The van der Waals surface area contributed by atoms with Crippen molar-refractivity contribution < 1.29 is 4.74 Å². The van der Waals surface area contributed by atoms with Crippen LogP contribution >= 0.6 is 0 Å². The fourth-order valence-corrected chi connectivity index (χ4v) is 3.56.